The number of aliphatic hydroxyl groups excluding tert-OH is 3. The van der Waals surface area contributed by atoms with Crippen LogP contribution < -0.4 is 0 Å². The molecule has 7 heteroatoms. The minimum absolute atomic E-state index is 0.0128. The van der Waals surface area contributed by atoms with Gasteiger partial charge in [-0.2, -0.15) is 0 Å². The highest BCUT2D eigenvalue weighted by atomic mass is 35.5. The van der Waals surface area contributed by atoms with Crippen molar-refractivity contribution in [1.29, 1.82) is 0 Å². The molecule has 6 nitrogen and oxygen atoms in total. The van der Waals surface area contributed by atoms with Gasteiger partial charge in [0.15, 0.2) is 5.78 Å². The van der Waals surface area contributed by atoms with Gasteiger partial charge in [0.1, 0.15) is 12.2 Å². The predicted octanol–water partition coefficient (Wildman–Crippen LogP) is 2.57. The molecular formula is C23H25ClO6. The Kier molecular flexibility index (Phi) is 5.74. The van der Waals surface area contributed by atoms with Crippen molar-refractivity contribution < 1.29 is 29.6 Å². The monoisotopic (exact) mass is 432 g/mol. The van der Waals surface area contributed by atoms with Gasteiger partial charge in [0.25, 0.3) is 0 Å². The highest BCUT2D eigenvalue weighted by Crippen LogP contribution is 2.49. The molecule has 0 aromatic heterocycles. The van der Waals surface area contributed by atoms with Crippen LogP contribution in [0.4, 0.5) is 0 Å². The van der Waals surface area contributed by atoms with E-state index in [1.54, 1.807) is 19.1 Å². The summed E-state index contributed by atoms with van der Waals surface area (Å²) in [5, 5.41) is 31.0. The van der Waals surface area contributed by atoms with Crippen molar-refractivity contribution in [2.75, 3.05) is 6.61 Å². The van der Waals surface area contributed by atoms with Crippen LogP contribution in [-0.2, 0) is 28.3 Å². The van der Waals surface area contributed by atoms with E-state index < -0.39 is 36.6 Å². The summed E-state index contributed by atoms with van der Waals surface area (Å²) in [6.45, 7) is 3.11. The summed E-state index contributed by atoms with van der Waals surface area (Å²) in [6, 6.07) is 11.1. The van der Waals surface area contributed by atoms with E-state index in [9.17, 15) is 20.1 Å². The molecule has 3 N–H and O–H groups in total. The molecule has 0 saturated carbocycles. The Balaban J connectivity index is 1.70. The molecule has 1 saturated heterocycles. The molecule has 160 valence electrons. The second-order valence-corrected chi connectivity index (χ2v) is 8.50. The fraction of sp³-hybridized carbons (Fsp3) is 0.435. The highest BCUT2D eigenvalue weighted by Gasteiger charge is 2.56. The Hall–Kier alpha value is -1.80. The number of ether oxygens (including phenoxy) is 2. The van der Waals surface area contributed by atoms with Crippen LogP contribution in [0.5, 0.6) is 0 Å². The molecule has 4 rings (SSSR count). The van der Waals surface area contributed by atoms with Crippen molar-refractivity contribution in [2.24, 2.45) is 5.92 Å². The van der Waals surface area contributed by atoms with Gasteiger partial charge in [-0.3, -0.25) is 4.79 Å². The molecule has 2 aromatic rings. The number of carbonyl (C=O) groups is 1. The molecule has 1 spiro atoms. The van der Waals surface area contributed by atoms with Gasteiger partial charge in [0.2, 0.25) is 5.79 Å². The van der Waals surface area contributed by atoms with Crippen molar-refractivity contribution in [3.8, 4) is 0 Å². The molecule has 2 aliphatic heterocycles. The van der Waals surface area contributed by atoms with Crippen LogP contribution >= 0.6 is 11.6 Å². The van der Waals surface area contributed by atoms with E-state index in [2.05, 4.69) is 0 Å². The minimum atomic E-state index is -1.26. The molecule has 0 aliphatic carbocycles. The first-order valence-electron chi connectivity index (χ1n) is 9.97. The smallest absolute Gasteiger partial charge is 0.201 e. The van der Waals surface area contributed by atoms with Crippen LogP contribution in [0.1, 0.15) is 46.5 Å². The van der Waals surface area contributed by atoms with Crippen LogP contribution in [0.2, 0.25) is 5.02 Å². The summed E-state index contributed by atoms with van der Waals surface area (Å²) < 4.78 is 12.0. The Labute approximate surface area is 180 Å². The lowest BCUT2D eigenvalue weighted by molar-refractivity contribution is -0.352. The second kappa shape index (κ2) is 8.04. The zero-order valence-corrected chi connectivity index (χ0v) is 17.6. The van der Waals surface area contributed by atoms with E-state index in [4.69, 9.17) is 21.1 Å². The third-order valence-electron chi connectivity index (χ3n) is 6.19. The number of Topliss-reactive ketones (excluding diaryl/α,β-unsaturated/α-hetero) is 1. The maximum absolute atomic E-state index is 11.5. The average molecular weight is 433 g/mol. The van der Waals surface area contributed by atoms with Crippen LogP contribution in [0.15, 0.2) is 36.4 Å². The van der Waals surface area contributed by atoms with Gasteiger partial charge in [0, 0.05) is 22.1 Å². The van der Waals surface area contributed by atoms with Gasteiger partial charge in [-0.15, -0.1) is 0 Å². The number of rotatable bonds is 4. The lowest BCUT2D eigenvalue weighted by Gasteiger charge is -2.47. The van der Waals surface area contributed by atoms with E-state index in [-0.39, 0.29) is 12.4 Å². The Morgan fingerprint density at radius 3 is 2.53 bits per heavy atom. The minimum Gasteiger partial charge on any atom is -0.394 e. The average Bonchev–Trinajstić information content (AvgIpc) is 3.08. The third kappa shape index (κ3) is 3.47. The SMILES string of the molecule is CC(=O)c1ccc(Cc2cc3c(cc2Cl)CO[C@]32OC(CO)[C@@H](O)[C@H](O)[C@H]2C)cc1. The number of fused-ring (bicyclic) bond motifs is 2. The van der Waals surface area contributed by atoms with Crippen LogP contribution in [-0.4, -0.2) is 46.0 Å². The topological polar surface area (TPSA) is 96.2 Å². The number of carbonyl (C=O) groups excluding carboxylic acids is 1. The number of ketones is 1. The molecule has 2 heterocycles. The quantitative estimate of drug-likeness (QED) is 0.642. The summed E-state index contributed by atoms with van der Waals surface area (Å²) in [5.41, 5.74) is 4.10. The van der Waals surface area contributed by atoms with Gasteiger partial charge in [-0.1, -0.05) is 42.8 Å². The molecule has 0 amide bonds. The standard InChI is InChI=1S/C23H25ClO6/c1-12-21(27)22(28)20(10-25)30-23(12)18-8-16(19(24)9-17(18)11-29-23)7-14-3-5-15(6-4-14)13(2)26/h3-6,8-9,12,20-22,25,27-28H,7,10-11H2,1-2H3/t12-,20?,21-,22-,23-/m1/s1. The maximum atomic E-state index is 11.5. The van der Waals surface area contributed by atoms with Crippen molar-refractivity contribution in [3.63, 3.8) is 0 Å². The van der Waals surface area contributed by atoms with Crippen molar-refractivity contribution >= 4 is 17.4 Å². The lowest BCUT2D eigenvalue weighted by atomic mass is 9.81. The van der Waals surface area contributed by atoms with Gasteiger partial charge < -0.3 is 24.8 Å². The maximum Gasteiger partial charge on any atom is 0.201 e. The van der Waals surface area contributed by atoms with Crippen LogP contribution in [0, 0.1) is 5.92 Å². The first-order chi connectivity index (χ1) is 14.3. The van der Waals surface area contributed by atoms with Gasteiger partial charge in [-0.05, 0) is 42.2 Å². The zero-order chi connectivity index (χ0) is 21.6. The lowest BCUT2D eigenvalue weighted by Crippen LogP contribution is -2.59. The van der Waals surface area contributed by atoms with Crippen molar-refractivity contribution in [2.45, 2.75) is 51.0 Å². The number of hydrogen-bond acceptors (Lipinski definition) is 6. The number of halogens is 1. The first kappa shape index (κ1) is 21.4. The summed E-state index contributed by atoms with van der Waals surface area (Å²) in [7, 11) is 0. The molecule has 2 aromatic carbocycles. The normalized spacial score (nSPS) is 30.5. The van der Waals surface area contributed by atoms with Crippen LogP contribution in [0.3, 0.4) is 0 Å². The molecule has 5 atom stereocenters. The van der Waals surface area contributed by atoms with Gasteiger partial charge in [0.05, 0.1) is 19.3 Å². The molecule has 0 radical (unpaired) electrons. The molecule has 0 bridgehead atoms. The van der Waals surface area contributed by atoms with E-state index in [1.807, 2.05) is 24.3 Å². The number of hydrogen-bond donors (Lipinski definition) is 3. The molecule has 2 aliphatic rings. The summed E-state index contributed by atoms with van der Waals surface area (Å²) in [5.74, 6) is -1.81. The van der Waals surface area contributed by atoms with E-state index in [0.29, 0.717) is 17.0 Å². The van der Waals surface area contributed by atoms with Crippen molar-refractivity contribution in [3.05, 3.63) is 69.2 Å². The Bertz CT molecular complexity index is 957. The summed E-state index contributed by atoms with van der Waals surface area (Å²) in [4.78, 5) is 11.5. The largest absolute Gasteiger partial charge is 0.394 e. The number of benzene rings is 2. The summed E-state index contributed by atoms with van der Waals surface area (Å²) in [6.07, 6.45) is -2.72. The fourth-order valence-electron chi connectivity index (χ4n) is 4.34. The van der Waals surface area contributed by atoms with Crippen LogP contribution in [0.25, 0.3) is 0 Å². The summed E-state index contributed by atoms with van der Waals surface area (Å²) >= 11 is 6.53. The van der Waals surface area contributed by atoms with Gasteiger partial charge >= 0.3 is 0 Å². The molecule has 30 heavy (non-hydrogen) atoms. The van der Waals surface area contributed by atoms with Gasteiger partial charge in [-0.25, -0.2) is 0 Å². The first-order valence-corrected chi connectivity index (χ1v) is 10.3. The second-order valence-electron chi connectivity index (χ2n) is 8.10. The molecular weight excluding hydrogens is 408 g/mol. The third-order valence-corrected chi connectivity index (χ3v) is 6.55. The fourth-order valence-corrected chi connectivity index (χ4v) is 4.59. The van der Waals surface area contributed by atoms with Crippen molar-refractivity contribution in [1.82, 2.24) is 0 Å². The highest BCUT2D eigenvalue weighted by molar-refractivity contribution is 6.31. The Morgan fingerprint density at radius 1 is 1.20 bits per heavy atom. The Morgan fingerprint density at radius 2 is 1.90 bits per heavy atom. The molecule has 1 fully saturated rings. The van der Waals surface area contributed by atoms with E-state index in [0.717, 1.165) is 22.3 Å². The predicted molar refractivity (Wildman–Crippen MR) is 110 cm³/mol. The number of aliphatic hydroxyl groups is 3. The molecule has 1 unspecified atom stereocenters. The zero-order valence-electron chi connectivity index (χ0n) is 16.8. The van der Waals surface area contributed by atoms with E-state index >= 15 is 0 Å². The van der Waals surface area contributed by atoms with E-state index in [1.165, 1.54) is 6.92 Å².